The highest BCUT2D eigenvalue weighted by Gasteiger charge is 2.30. The third-order valence-corrected chi connectivity index (χ3v) is 4.92. The Labute approximate surface area is 146 Å². The van der Waals surface area contributed by atoms with Gasteiger partial charge in [0, 0.05) is 25.1 Å². The molecule has 1 N–H and O–H groups in total. The summed E-state index contributed by atoms with van der Waals surface area (Å²) in [5, 5.41) is 7.05. The fourth-order valence-corrected chi connectivity index (χ4v) is 3.63. The minimum absolute atomic E-state index is 0.0266. The molecule has 4 rings (SSSR count). The molecule has 1 aromatic carbocycles. The van der Waals surface area contributed by atoms with Crippen molar-refractivity contribution in [3.05, 3.63) is 65.0 Å². The van der Waals surface area contributed by atoms with Gasteiger partial charge in [-0.2, -0.15) is 5.10 Å². The van der Waals surface area contributed by atoms with Crippen LogP contribution in [0.1, 0.15) is 39.5 Å². The van der Waals surface area contributed by atoms with Gasteiger partial charge < -0.3 is 9.32 Å². The Hall–Kier alpha value is -2.82. The Morgan fingerprint density at radius 1 is 1.28 bits per heavy atom. The van der Waals surface area contributed by atoms with Gasteiger partial charge in [0.25, 0.3) is 5.91 Å². The Morgan fingerprint density at radius 2 is 2.16 bits per heavy atom. The summed E-state index contributed by atoms with van der Waals surface area (Å²) in [5.41, 5.74) is 5.08. The van der Waals surface area contributed by atoms with Gasteiger partial charge in [0.1, 0.15) is 5.69 Å². The minimum Gasteiger partial charge on any atom is -0.463 e. The predicted octanol–water partition coefficient (Wildman–Crippen LogP) is 3.92. The largest absolute Gasteiger partial charge is 0.463 e. The molecule has 1 aliphatic rings. The van der Waals surface area contributed by atoms with E-state index < -0.39 is 0 Å². The van der Waals surface area contributed by atoms with Crippen molar-refractivity contribution in [1.29, 1.82) is 0 Å². The number of aromatic nitrogens is 2. The minimum atomic E-state index is -0.0266. The molecule has 128 valence electrons. The number of rotatable bonds is 3. The Balaban J connectivity index is 1.49. The molecular formula is C20H21N3O2. The van der Waals surface area contributed by atoms with Gasteiger partial charge >= 0.3 is 0 Å². The van der Waals surface area contributed by atoms with Crippen molar-refractivity contribution < 1.29 is 9.21 Å². The lowest BCUT2D eigenvalue weighted by Crippen LogP contribution is -2.28. The second-order valence-corrected chi connectivity index (χ2v) is 6.74. The number of furan rings is 1. The van der Waals surface area contributed by atoms with Crippen molar-refractivity contribution in [3.63, 3.8) is 0 Å². The predicted molar refractivity (Wildman–Crippen MR) is 95.5 cm³/mol. The average Bonchev–Trinajstić information content (AvgIpc) is 3.34. The van der Waals surface area contributed by atoms with Crippen LogP contribution in [0, 0.1) is 13.8 Å². The Morgan fingerprint density at radius 3 is 2.92 bits per heavy atom. The molecule has 0 bridgehead atoms. The molecule has 3 aromatic rings. The van der Waals surface area contributed by atoms with Gasteiger partial charge in [-0.05, 0) is 43.5 Å². The molecule has 1 aliphatic heterocycles. The van der Waals surface area contributed by atoms with E-state index in [9.17, 15) is 4.79 Å². The van der Waals surface area contributed by atoms with Crippen LogP contribution in [0.3, 0.4) is 0 Å². The van der Waals surface area contributed by atoms with E-state index in [0.29, 0.717) is 17.4 Å². The van der Waals surface area contributed by atoms with Gasteiger partial charge in [-0.3, -0.25) is 9.89 Å². The lowest BCUT2D eigenvalue weighted by atomic mass is 9.93. The third-order valence-electron chi connectivity index (χ3n) is 4.92. The molecule has 1 atom stereocenters. The fraction of sp³-hybridized carbons (Fsp3) is 0.300. The highest BCUT2D eigenvalue weighted by Crippen LogP contribution is 2.31. The number of hydrogen-bond donors (Lipinski definition) is 1. The smallest absolute Gasteiger partial charge is 0.274 e. The first-order valence-corrected chi connectivity index (χ1v) is 8.57. The number of amides is 1. The summed E-state index contributed by atoms with van der Waals surface area (Å²) in [6.45, 7) is 5.76. The molecule has 5 nitrogen and oxygen atoms in total. The molecule has 0 radical (unpaired) electrons. The summed E-state index contributed by atoms with van der Waals surface area (Å²) < 4.78 is 5.34. The van der Waals surface area contributed by atoms with E-state index >= 15 is 0 Å². The standard InChI is InChI=1S/C20H21N3O2/c1-13-5-6-16(14(2)10-13)15-7-8-23(12-15)20(24)18-11-17(21-22-18)19-4-3-9-25-19/h3-6,9-11,15H,7-8,12H2,1-2H3,(H,21,22). The summed E-state index contributed by atoms with van der Waals surface area (Å²) in [6, 6.07) is 12.0. The number of H-pyrrole nitrogens is 1. The first-order valence-electron chi connectivity index (χ1n) is 8.57. The van der Waals surface area contributed by atoms with Crippen LogP contribution >= 0.6 is 0 Å². The molecule has 2 aromatic heterocycles. The summed E-state index contributed by atoms with van der Waals surface area (Å²) in [7, 11) is 0. The van der Waals surface area contributed by atoms with Crippen molar-refractivity contribution in [2.24, 2.45) is 0 Å². The van der Waals surface area contributed by atoms with E-state index in [-0.39, 0.29) is 5.91 Å². The molecule has 0 spiro atoms. The quantitative estimate of drug-likeness (QED) is 0.789. The van der Waals surface area contributed by atoms with Crippen LogP contribution in [0.2, 0.25) is 0 Å². The first kappa shape index (κ1) is 15.7. The van der Waals surface area contributed by atoms with E-state index in [4.69, 9.17) is 4.42 Å². The average molecular weight is 335 g/mol. The number of aromatic amines is 1. The van der Waals surface area contributed by atoms with E-state index in [1.807, 2.05) is 17.0 Å². The molecule has 1 saturated heterocycles. The summed E-state index contributed by atoms with van der Waals surface area (Å²) in [4.78, 5) is 14.7. The number of aryl methyl sites for hydroxylation is 2. The number of nitrogens with zero attached hydrogens (tertiary/aromatic N) is 2. The summed E-state index contributed by atoms with van der Waals surface area (Å²) in [6.07, 6.45) is 2.59. The molecule has 1 fully saturated rings. The maximum atomic E-state index is 12.8. The van der Waals surface area contributed by atoms with Gasteiger partial charge in [0.05, 0.1) is 6.26 Å². The van der Waals surface area contributed by atoms with Crippen molar-refractivity contribution in [2.75, 3.05) is 13.1 Å². The van der Waals surface area contributed by atoms with Crippen molar-refractivity contribution >= 4 is 5.91 Å². The van der Waals surface area contributed by atoms with Crippen LogP contribution in [-0.2, 0) is 0 Å². The number of benzene rings is 1. The van der Waals surface area contributed by atoms with Crippen LogP contribution in [-0.4, -0.2) is 34.1 Å². The van der Waals surface area contributed by atoms with Crippen LogP contribution in [0.5, 0.6) is 0 Å². The van der Waals surface area contributed by atoms with Crippen molar-refractivity contribution in [3.8, 4) is 11.5 Å². The molecule has 3 heterocycles. The van der Waals surface area contributed by atoms with E-state index in [0.717, 1.165) is 25.2 Å². The first-order chi connectivity index (χ1) is 12.1. The van der Waals surface area contributed by atoms with Crippen molar-refractivity contribution in [1.82, 2.24) is 15.1 Å². The molecule has 25 heavy (non-hydrogen) atoms. The summed E-state index contributed by atoms with van der Waals surface area (Å²) in [5.74, 6) is 1.05. The zero-order valence-corrected chi connectivity index (χ0v) is 14.5. The van der Waals surface area contributed by atoms with E-state index in [2.05, 4.69) is 42.2 Å². The molecular weight excluding hydrogens is 314 g/mol. The lowest BCUT2D eigenvalue weighted by Gasteiger charge is -2.17. The van der Waals surface area contributed by atoms with Gasteiger partial charge in [-0.1, -0.05) is 23.8 Å². The Bertz CT molecular complexity index is 896. The highest BCUT2D eigenvalue weighted by atomic mass is 16.3. The molecule has 0 aliphatic carbocycles. The number of carbonyl (C=O) groups is 1. The zero-order chi connectivity index (χ0) is 17.4. The van der Waals surface area contributed by atoms with Crippen molar-refractivity contribution in [2.45, 2.75) is 26.2 Å². The number of carbonyl (C=O) groups excluding carboxylic acids is 1. The van der Waals surface area contributed by atoms with Crippen LogP contribution < -0.4 is 0 Å². The highest BCUT2D eigenvalue weighted by molar-refractivity contribution is 5.93. The van der Waals surface area contributed by atoms with Gasteiger partial charge in [-0.25, -0.2) is 0 Å². The number of nitrogens with one attached hydrogen (secondary N) is 1. The maximum Gasteiger partial charge on any atom is 0.274 e. The lowest BCUT2D eigenvalue weighted by molar-refractivity contribution is 0.0785. The van der Waals surface area contributed by atoms with Crippen LogP contribution in [0.4, 0.5) is 0 Å². The number of hydrogen-bond acceptors (Lipinski definition) is 3. The summed E-state index contributed by atoms with van der Waals surface area (Å²) >= 11 is 0. The maximum absolute atomic E-state index is 12.8. The topological polar surface area (TPSA) is 62.1 Å². The molecule has 1 unspecified atom stereocenters. The van der Waals surface area contributed by atoms with Gasteiger partial charge in [-0.15, -0.1) is 0 Å². The van der Waals surface area contributed by atoms with Crippen LogP contribution in [0.25, 0.3) is 11.5 Å². The zero-order valence-electron chi connectivity index (χ0n) is 14.5. The van der Waals surface area contributed by atoms with Gasteiger partial charge in [0.2, 0.25) is 0 Å². The number of likely N-dealkylation sites (tertiary alicyclic amines) is 1. The van der Waals surface area contributed by atoms with Gasteiger partial charge in [0.15, 0.2) is 11.5 Å². The fourth-order valence-electron chi connectivity index (χ4n) is 3.63. The molecule has 5 heteroatoms. The normalized spacial score (nSPS) is 17.2. The second-order valence-electron chi connectivity index (χ2n) is 6.74. The second kappa shape index (κ2) is 6.24. The third kappa shape index (κ3) is 2.97. The van der Waals surface area contributed by atoms with Crippen LogP contribution in [0.15, 0.2) is 47.1 Å². The SMILES string of the molecule is Cc1ccc(C2CCN(C(=O)c3cc(-c4ccco4)[nH]n3)C2)c(C)c1. The Kier molecular flexibility index (Phi) is 3.92. The monoisotopic (exact) mass is 335 g/mol. The van der Waals surface area contributed by atoms with E-state index in [1.54, 1.807) is 12.3 Å². The molecule has 0 saturated carbocycles. The van der Waals surface area contributed by atoms with E-state index in [1.165, 1.54) is 16.7 Å². The molecule has 1 amide bonds.